The molecule has 142 valence electrons. The maximum Gasteiger partial charge on any atom is 0.337 e. The van der Waals surface area contributed by atoms with E-state index in [1.807, 2.05) is 4.98 Å². The van der Waals surface area contributed by atoms with Crippen LogP contribution in [-0.2, 0) is 0 Å². The highest BCUT2D eigenvalue weighted by molar-refractivity contribution is 6.33. The molecule has 0 radical (unpaired) electrons. The van der Waals surface area contributed by atoms with E-state index in [2.05, 4.69) is 4.99 Å². The number of nitrogens with zero attached hydrogens (tertiary/aromatic N) is 2. The highest BCUT2D eigenvalue weighted by Crippen LogP contribution is 2.23. The number of aromatic carboxylic acids is 1. The lowest BCUT2D eigenvalue weighted by Gasteiger charge is -2.09. The molecule has 1 heterocycles. The molecule has 0 aliphatic heterocycles. The highest BCUT2D eigenvalue weighted by Gasteiger charge is 2.15. The van der Waals surface area contributed by atoms with Crippen LogP contribution in [-0.4, -0.2) is 31.9 Å². The minimum absolute atomic E-state index is 0.0111. The van der Waals surface area contributed by atoms with Crippen molar-refractivity contribution in [3.05, 3.63) is 85.3 Å². The van der Waals surface area contributed by atoms with Crippen LogP contribution in [0.15, 0.2) is 57.0 Å². The highest BCUT2D eigenvalue weighted by atomic mass is 35.5. The standard InChI is InChI=1S/C18H11ClFN3O5/c19-14-6-3-10(7-12(14)17(26)27)21-8-13-15(24)22-18(28)23(16(13)25)11-4-1-9(20)2-5-11/h1-8,25H,(H,26,27)(H,22,24,28). The topological polar surface area (TPSA) is 125 Å². The normalized spacial score (nSPS) is 11.1. The van der Waals surface area contributed by atoms with Crippen molar-refractivity contribution < 1.29 is 19.4 Å². The predicted octanol–water partition coefficient (Wildman–Crippen LogP) is 2.47. The van der Waals surface area contributed by atoms with Crippen LogP contribution in [0.25, 0.3) is 5.69 Å². The van der Waals surface area contributed by atoms with Crippen LogP contribution in [0.3, 0.4) is 0 Å². The zero-order valence-electron chi connectivity index (χ0n) is 13.9. The summed E-state index contributed by atoms with van der Waals surface area (Å²) in [7, 11) is 0. The minimum Gasteiger partial charge on any atom is -0.493 e. The first-order chi connectivity index (χ1) is 13.3. The quantitative estimate of drug-likeness (QED) is 0.577. The number of aromatic hydroxyl groups is 1. The molecular formula is C18H11ClFN3O5. The average Bonchev–Trinajstić information content (AvgIpc) is 2.63. The minimum atomic E-state index is -1.26. The van der Waals surface area contributed by atoms with Gasteiger partial charge >= 0.3 is 11.7 Å². The fourth-order valence-corrected chi connectivity index (χ4v) is 2.58. The van der Waals surface area contributed by atoms with Gasteiger partial charge in [0.2, 0.25) is 5.88 Å². The summed E-state index contributed by atoms with van der Waals surface area (Å²) in [5.41, 5.74) is -2.10. The molecule has 10 heteroatoms. The summed E-state index contributed by atoms with van der Waals surface area (Å²) < 4.78 is 13.9. The molecule has 8 nitrogen and oxygen atoms in total. The predicted molar refractivity (Wildman–Crippen MR) is 99.9 cm³/mol. The molecule has 3 rings (SSSR count). The van der Waals surface area contributed by atoms with E-state index in [4.69, 9.17) is 16.7 Å². The molecule has 0 saturated carbocycles. The average molecular weight is 404 g/mol. The van der Waals surface area contributed by atoms with Crippen molar-refractivity contribution >= 4 is 29.5 Å². The van der Waals surface area contributed by atoms with E-state index in [0.29, 0.717) is 0 Å². The fourth-order valence-electron chi connectivity index (χ4n) is 2.38. The number of rotatable bonds is 4. The molecule has 0 spiro atoms. The van der Waals surface area contributed by atoms with Crippen molar-refractivity contribution in [1.82, 2.24) is 9.55 Å². The molecule has 0 bridgehead atoms. The Kier molecular flexibility index (Phi) is 5.10. The summed E-state index contributed by atoms with van der Waals surface area (Å²) in [6.45, 7) is 0. The molecular weight excluding hydrogens is 393 g/mol. The van der Waals surface area contributed by atoms with Gasteiger partial charge in [-0.2, -0.15) is 0 Å². The zero-order valence-corrected chi connectivity index (χ0v) is 14.6. The second-order valence-electron chi connectivity index (χ2n) is 5.54. The summed E-state index contributed by atoms with van der Waals surface area (Å²) in [6, 6.07) is 8.57. The zero-order chi connectivity index (χ0) is 20.4. The maximum atomic E-state index is 13.1. The van der Waals surface area contributed by atoms with E-state index in [1.54, 1.807) is 0 Å². The first-order valence-electron chi connectivity index (χ1n) is 7.69. The Hall–Kier alpha value is -3.72. The van der Waals surface area contributed by atoms with Gasteiger partial charge in [0, 0.05) is 6.21 Å². The molecule has 3 N–H and O–H groups in total. The number of carboxylic acids is 1. The Balaban J connectivity index is 2.09. The molecule has 0 unspecified atom stereocenters. The Morgan fingerprint density at radius 3 is 2.50 bits per heavy atom. The Morgan fingerprint density at radius 2 is 1.86 bits per heavy atom. The second kappa shape index (κ2) is 7.49. The van der Waals surface area contributed by atoms with E-state index >= 15 is 0 Å². The first-order valence-corrected chi connectivity index (χ1v) is 8.07. The smallest absolute Gasteiger partial charge is 0.337 e. The summed E-state index contributed by atoms with van der Waals surface area (Å²) in [5.74, 6) is -2.51. The lowest BCUT2D eigenvalue weighted by atomic mass is 10.2. The number of hydrogen-bond donors (Lipinski definition) is 3. The first kappa shape index (κ1) is 19.1. The Bertz CT molecular complexity index is 1220. The van der Waals surface area contributed by atoms with E-state index in [0.717, 1.165) is 22.9 Å². The molecule has 28 heavy (non-hydrogen) atoms. The summed E-state index contributed by atoms with van der Waals surface area (Å²) in [5, 5.41) is 19.5. The van der Waals surface area contributed by atoms with Crippen molar-refractivity contribution in [3.8, 4) is 11.6 Å². The van der Waals surface area contributed by atoms with Gasteiger partial charge in [-0.25, -0.2) is 18.5 Å². The molecule has 1 aromatic heterocycles. The van der Waals surface area contributed by atoms with E-state index in [9.17, 15) is 23.9 Å². The summed E-state index contributed by atoms with van der Waals surface area (Å²) in [4.78, 5) is 41.2. The lowest BCUT2D eigenvalue weighted by molar-refractivity contribution is 0.0697. The van der Waals surface area contributed by atoms with Gasteiger partial charge in [-0.1, -0.05) is 11.6 Å². The molecule has 0 aliphatic rings. The van der Waals surface area contributed by atoms with Gasteiger partial charge in [0.1, 0.15) is 11.4 Å². The third kappa shape index (κ3) is 3.69. The summed E-state index contributed by atoms with van der Waals surface area (Å²) >= 11 is 5.78. The van der Waals surface area contributed by atoms with Crippen molar-refractivity contribution in [2.75, 3.05) is 0 Å². The number of aromatic amines is 1. The number of carbonyl (C=O) groups is 1. The number of benzene rings is 2. The number of H-pyrrole nitrogens is 1. The van der Waals surface area contributed by atoms with Crippen LogP contribution in [0.4, 0.5) is 10.1 Å². The van der Waals surface area contributed by atoms with Gasteiger partial charge in [-0.15, -0.1) is 0 Å². The molecule has 2 aromatic carbocycles. The van der Waals surface area contributed by atoms with Crippen LogP contribution in [0.1, 0.15) is 15.9 Å². The van der Waals surface area contributed by atoms with E-state index in [1.165, 1.54) is 30.3 Å². The second-order valence-corrected chi connectivity index (χ2v) is 5.94. The van der Waals surface area contributed by atoms with Crippen LogP contribution >= 0.6 is 11.6 Å². The van der Waals surface area contributed by atoms with Crippen LogP contribution in [0.5, 0.6) is 5.88 Å². The van der Waals surface area contributed by atoms with Crippen molar-refractivity contribution in [2.24, 2.45) is 4.99 Å². The fraction of sp³-hybridized carbons (Fsp3) is 0. The number of nitrogens with one attached hydrogen (secondary N) is 1. The number of hydrogen-bond acceptors (Lipinski definition) is 5. The Labute approximate surface area is 160 Å². The molecule has 0 fully saturated rings. The largest absolute Gasteiger partial charge is 0.493 e. The third-order valence-electron chi connectivity index (χ3n) is 3.73. The van der Waals surface area contributed by atoms with E-state index < -0.39 is 28.9 Å². The van der Waals surface area contributed by atoms with Gasteiger partial charge in [0.05, 0.1) is 22.0 Å². The molecule has 0 aliphatic carbocycles. The van der Waals surface area contributed by atoms with E-state index in [-0.39, 0.29) is 27.5 Å². The summed E-state index contributed by atoms with van der Waals surface area (Å²) in [6.07, 6.45) is 0.975. The molecule has 0 atom stereocenters. The SMILES string of the molecule is O=C(O)c1cc(N=Cc2c(O)n(-c3ccc(F)cc3)c(=O)[nH]c2=O)ccc1Cl. The van der Waals surface area contributed by atoms with Gasteiger partial charge in [-0.3, -0.25) is 14.8 Å². The molecule has 3 aromatic rings. The monoisotopic (exact) mass is 403 g/mol. The van der Waals surface area contributed by atoms with Gasteiger partial charge in [-0.05, 0) is 42.5 Å². The number of halogens is 2. The van der Waals surface area contributed by atoms with Crippen molar-refractivity contribution in [1.29, 1.82) is 0 Å². The third-order valence-corrected chi connectivity index (χ3v) is 4.06. The van der Waals surface area contributed by atoms with Crippen LogP contribution in [0, 0.1) is 5.82 Å². The van der Waals surface area contributed by atoms with Crippen molar-refractivity contribution in [3.63, 3.8) is 0 Å². The van der Waals surface area contributed by atoms with Crippen LogP contribution < -0.4 is 11.2 Å². The van der Waals surface area contributed by atoms with Crippen molar-refractivity contribution in [2.45, 2.75) is 0 Å². The molecule has 0 saturated heterocycles. The lowest BCUT2D eigenvalue weighted by Crippen LogP contribution is -2.31. The molecule has 0 amide bonds. The number of carboxylic acid groups (broad SMARTS) is 1. The van der Waals surface area contributed by atoms with Gasteiger partial charge < -0.3 is 10.2 Å². The van der Waals surface area contributed by atoms with Gasteiger partial charge in [0.25, 0.3) is 5.56 Å². The van der Waals surface area contributed by atoms with Crippen LogP contribution in [0.2, 0.25) is 5.02 Å². The van der Waals surface area contributed by atoms with Gasteiger partial charge in [0.15, 0.2) is 0 Å². The maximum absolute atomic E-state index is 13.1. The number of aromatic nitrogens is 2. The number of aliphatic imine (C=N–C) groups is 1. The Morgan fingerprint density at radius 1 is 1.18 bits per heavy atom.